The van der Waals surface area contributed by atoms with Gasteiger partial charge in [0.05, 0.1) is 0 Å². The zero-order valence-electron chi connectivity index (χ0n) is 17.6. The van der Waals surface area contributed by atoms with Gasteiger partial charge in [-0.1, -0.05) is 17.7 Å². The van der Waals surface area contributed by atoms with Gasteiger partial charge >= 0.3 is 5.97 Å². The van der Waals surface area contributed by atoms with Crippen LogP contribution < -0.4 is 5.73 Å². The van der Waals surface area contributed by atoms with Gasteiger partial charge in [-0.25, -0.2) is 0 Å². The van der Waals surface area contributed by atoms with Crippen molar-refractivity contribution in [2.45, 2.75) is 46.1 Å². The van der Waals surface area contributed by atoms with Crippen LogP contribution in [0.25, 0.3) is 0 Å². The molecular weight excluding hydrogens is 386 g/mol. The van der Waals surface area contributed by atoms with E-state index in [2.05, 4.69) is 0 Å². The molecule has 0 radical (unpaired) electrons. The molecule has 0 aliphatic heterocycles. The highest BCUT2D eigenvalue weighted by Gasteiger charge is 2.28. The normalized spacial score (nSPS) is 12.2. The highest BCUT2D eigenvalue weighted by molar-refractivity contribution is 5.94. The molecule has 162 valence electrons. The zero-order chi connectivity index (χ0) is 23.1. The molecule has 0 amide bonds. The SMILES string of the molecule is CC(=O)c1ccc(O)c(CC=C(C)C)c1.CC(N)(Cc1ccc(O)c(O)c1)C(=O)O. The van der Waals surface area contributed by atoms with E-state index >= 15 is 0 Å². The number of carbonyl (C=O) groups excluding carboxylic acids is 1. The Morgan fingerprint density at radius 2 is 1.57 bits per heavy atom. The number of carboxylic acids is 1. The Hall–Kier alpha value is -3.32. The van der Waals surface area contributed by atoms with Crippen LogP contribution in [0.4, 0.5) is 0 Å². The number of phenolic OH excluding ortho intramolecular Hbond substituents is 3. The van der Waals surface area contributed by atoms with Gasteiger partial charge in [-0.05, 0) is 75.6 Å². The van der Waals surface area contributed by atoms with Gasteiger partial charge in [-0.3, -0.25) is 9.59 Å². The number of Topliss-reactive ketones (excluding diaryl/α,β-unsaturated/α-hetero) is 1. The molecule has 0 heterocycles. The summed E-state index contributed by atoms with van der Waals surface area (Å²) in [7, 11) is 0. The quantitative estimate of drug-likeness (QED) is 0.276. The van der Waals surface area contributed by atoms with Crippen LogP contribution in [0.5, 0.6) is 17.2 Å². The highest BCUT2D eigenvalue weighted by atomic mass is 16.4. The molecule has 0 aliphatic rings. The molecule has 0 spiro atoms. The van der Waals surface area contributed by atoms with E-state index in [1.807, 2.05) is 19.9 Å². The molecule has 1 unspecified atom stereocenters. The number of ketones is 1. The molecule has 0 saturated heterocycles. The van der Waals surface area contributed by atoms with Crippen LogP contribution in [0.3, 0.4) is 0 Å². The van der Waals surface area contributed by atoms with Crippen LogP contribution >= 0.6 is 0 Å². The number of hydrogen-bond acceptors (Lipinski definition) is 6. The molecule has 2 aromatic rings. The van der Waals surface area contributed by atoms with Crippen LogP contribution in [-0.2, 0) is 17.6 Å². The molecule has 0 aromatic heterocycles. The van der Waals surface area contributed by atoms with Crippen molar-refractivity contribution in [3.63, 3.8) is 0 Å². The molecule has 0 aliphatic carbocycles. The predicted octanol–water partition coefficient (Wildman–Crippen LogP) is 3.55. The van der Waals surface area contributed by atoms with Crippen molar-refractivity contribution < 1.29 is 30.0 Å². The summed E-state index contributed by atoms with van der Waals surface area (Å²) in [6.07, 6.45) is 2.77. The third-order valence-electron chi connectivity index (χ3n) is 4.32. The fraction of sp³-hybridized carbons (Fsp3) is 0.304. The molecule has 0 bridgehead atoms. The van der Waals surface area contributed by atoms with Crippen molar-refractivity contribution in [1.29, 1.82) is 0 Å². The van der Waals surface area contributed by atoms with Crippen molar-refractivity contribution in [3.8, 4) is 17.2 Å². The van der Waals surface area contributed by atoms with Crippen LogP contribution in [0, 0.1) is 0 Å². The molecule has 2 rings (SSSR count). The maximum atomic E-state index is 11.1. The molecule has 0 saturated carbocycles. The van der Waals surface area contributed by atoms with Gasteiger partial charge in [-0.2, -0.15) is 0 Å². The highest BCUT2D eigenvalue weighted by Crippen LogP contribution is 2.26. The molecule has 7 nitrogen and oxygen atoms in total. The minimum Gasteiger partial charge on any atom is -0.508 e. The first kappa shape index (κ1) is 24.7. The van der Waals surface area contributed by atoms with Gasteiger partial charge in [0.15, 0.2) is 17.3 Å². The Morgan fingerprint density at radius 1 is 0.967 bits per heavy atom. The number of aliphatic carboxylic acids is 1. The molecule has 7 heteroatoms. The van der Waals surface area contributed by atoms with Crippen LogP contribution in [0.2, 0.25) is 0 Å². The number of carboxylic acid groups (broad SMARTS) is 1. The summed E-state index contributed by atoms with van der Waals surface area (Å²) >= 11 is 0. The number of benzene rings is 2. The summed E-state index contributed by atoms with van der Waals surface area (Å²) in [5.41, 5.74) is 7.34. The minimum atomic E-state index is -1.39. The standard InChI is InChI=1S/C13H16O2.C10H13NO4/c1-9(2)4-5-12-8-11(10(3)14)6-7-13(12)15;1-10(11,9(14)15)5-6-2-3-7(12)8(13)4-6/h4,6-8,15H,5H2,1-3H3;2-4,12-13H,5,11H2,1H3,(H,14,15). The van der Waals surface area contributed by atoms with Crippen LogP contribution in [-0.4, -0.2) is 37.7 Å². The molecule has 6 N–H and O–H groups in total. The Morgan fingerprint density at radius 3 is 2.07 bits per heavy atom. The van der Waals surface area contributed by atoms with Crippen molar-refractivity contribution in [2.75, 3.05) is 0 Å². The molecule has 0 fully saturated rings. The van der Waals surface area contributed by atoms with Crippen LogP contribution in [0.15, 0.2) is 48.0 Å². The van der Waals surface area contributed by atoms with Gasteiger partial charge in [0, 0.05) is 12.0 Å². The van der Waals surface area contributed by atoms with E-state index < -0.39 is 11.5 Å². The summed E-state index contributed by atoms with van der Waals surface area (Å²) in [5.74, 6) is -1.37. The molecule has 1 atom stereocenters. The van der Waals surface area contributed by atoms with Crippen molar-refractivity contribution in [3.05, 3.63) is 64.7 Å². The van der Waals surface area contributed by atoms with Crippen LogP contribution in [0.1, 0.15) is 49.2 Å². The first-order chi connectivity index (χ1) is 13.8. The van der Waals surface area contributed by atoms with Crippen molar-refractivity contribution in [1.82, 2.24) is 0 Å². The van der Waals surface area contributed by atoms with Gasteiger partial charge in [-0.15, -0.1) is 0 Å². The predicted molar refractivity (Wildman–Crippen MR) is 115 cm³/mol. The number of hydrogen-bond donors (Lipinski definition) is 5. The van der Waals surface area contributed by atoms with E-state index in [1.165, 1.54) is 37.6 Å². The lowest BCUT2D eigenvalue weighted by Gasteiger charge is -2.19. The molecule has 2 aromatic carbocycles. The van der Waals surface area contributed by atoms with E-state index in [1.54, 1.807) is 18.2 Å². The number of nitrogens with two attached hydrogens (primary N) is 1. The summed E-state index contributed by atoms with van der Waals surface area (Å²) in [6, 6.07) is 9.07. The minimum absolute atomic E-state index is 0.0217. The summed E-state index contributed by atoms with van der Waals surface area (Å²) in [4.78, 5) is 21.9. The summed E-state index contributed by atoms with van der Waals surface area (Å²) < 4.78 is 0. The first-order valence-corrected chi connectivity index (χ1v) is 9.33. The second-order valence-electron chi connectivity index (χ2n) is 7.61. The topological polar surface area (TPSA) is 141 Å². The number of rotatable bonds is 6. The number of aromatic hydroxyl groups is 3. The zero-order valence-corrected chi connectivity index (χ0v) is 17.6. The maximum absolute atomic E-state index is 11.1. The Bertz CT molecular complexity index is 943. The van der Waals surface area contributed by atoms with Gasteiger partial charge in [0.25, 0.3) is 0 Å². The number of carbonyl (C=O) groups is 2. The molecular formula is C23H29NO6. The number of allylic oxidation sites excluding steroid dienone is 2. The first-order valence-electron chi connectivity index (χ1n) is 9.33. The van der Waals surface area contributed by atoms with E-state index in [0.717, 1.165) is 5.56 Å². The van der Waals surface area contributed by atoms with Crippen molar-refractivity contribution >= 4 is 11.8 Å². The van der Waals surface area contributed by atoms with Gasteiger partial charge < -0.3 is 26.2 Å². The third kappa shape index (κ3) is 7.60. The second-order valence-corrected chi connectivity index (χ2v) is 7.61. The van der Waals surface area contributed by atoms with Gasteiger partial charge in [0.2, 0.25) is 0 Å². The van der Waals surface area contributed by atoms with E-state index in [9.17, 15) is 19.8 Å². The Kier molecular flexibility index (Phi) is 8.61. The average molecular weight is 415 g/mol. The van der Waals surface area contributed by atoms with E-state index in [0.29, 0.717) is 17.5 Å². The Balaban J connectivity index is 0.000000300. The lowest BCUT2D eigenvalue weighted by molar-refractivity contribution is -0.142. The fourth-order valence-electron chi connectivity index (χ4n) is 2.46. The maximum Gasteiger partial charge on any atom is 0.323 e. The number of phenols is 3. The summed E-state index contributed by atoms with van der Waals surface area (Å²) in [6.45, 7) is 6.92. The second kappa shape index (κ2) is 10.5. The van der Waals surface area contributed by atoms with Crippen molar-refractivity contribution in [2.24, 2.45) is 5.73 Å². The fourth-order valence-corrected chi connectivity index (χ4v) is 2.46. The summed E-state index contributed by atoms with van der Waals surface area (Å²) in [5, 5.41) is 36.6. The monoisotopic (exact) mass is 415 g/mol. The van der Waals surface area contributed by atoms with Gasteiger partial charge in [0.1, 0.15) is 11.3 Å². The third-order valence-corrected chi connectivity index (χ3v) is 4.32. The lowest BCUT2D eigenvalue weighted by Crippen LogP contribution is -2.46. The molecule has 30 heavy (non-hydrogen) atoms. The smallest absolute Gasteiger partial charge is 0.323 e. The van der Waals surface area contributed by atoms with E-state index in [-0.39, 0.29) is 29.5 Å². The average Bonchev–Trinajstić information content (AvgIpc) is 2.64. The Labute approximate surface area is 176 Å². The van der Waals surface area contributed by atoms with E-state index in [4.69, 9.17) is 15.9 Å². The lowest BCUT2D eigenvalue weighted by atomic mass is 9.94. The largest absolute Gasteiger partial charge is 0.508 e.